The Morgan fingerprint density at radius 2 is 2.11 bits per heavy atom. The van der Waals surface area contributed by atoms with Crippen LogP contribution < -0.4 is 5.69 Å². The third kappa shape index (κ3) is 1.26. The fourth-order valence-corrected chi connectivity index (χ4v) is 3.26. The maximum Gasteiger partial charge on any atom is 0.328 e. The largest absolute Gasteiger partial charge is 0.356 e. The summed E-state index contributed by atoms with van der Waals surface area (Å²) in [5, 5.41) is 1.27. The van der Waals surface area contributed by atoms with Crippen molar-refractivity contribution >= 4 is 10.9 Å². The number of rotatable bonds is 0. The first-order valence-corrected chi connectivity index (χ1v) is 6.53. The molecule has 1 aliphatic heterocycles. The molecule has 0 aliphatic carbocycles. The zero-order valence-corrected chi connectivity index (χ0v) is 11.0. The van der Waals surface area contributed by atoms with Crippen LogP contribution in [0, 0.1) is 0 Å². The average Bonchev–Trinajstić information content (AvgIpc) is 2.90. The van der Waals surface area contributed by atoms with E-state index in [4.69, 9.17) is 0 Å². The third-order valence-corrected chi connectivity index (χ3v) is 4.17. The Morgan fingerprint density at radius 1 is 1.32 bits per heavy atom. The first-order chi connectivity index (χ1) is 9.16. The molecule has 19 heavy (non-hydrogen) atoms. The standard InChI is InChI=1S/C15H15N3O/c1-9-14-12(11-5-3-4-6-13(11)16-14)7-10-8-17(2)15(19)18(9)10/h3-6,8-9,16H,7H2,1-2H3. The van der Waals surface area contributed by atoms with Crippen LogP contribution in [0.1, 0.15) is 29.9 Å². The Balaban J connectivity index is 2.04. The highest BCUT2D eigenvalue weighted by atomic mass is 16.1. The molecule has 0 radical (unpaired) electrons. The van der Waals surface area contributed by atoms with Crippen LogP contribution in [0.5, 0.6) is 0 Å². The minimum atomic E-state index is 0.0619. The summed E-state index contributed by atoms with van der Waals surface area (Å²) in [6.45, 7) is 2.08. The second-order valence-electron chi connectivity index (χ2n) is 5.30. The number of hydrogen-bond donors (Lipinski definition) is 1. The van der Waals surface area contributed by atoms with Gasteiger partial charge in [-0.25, -0.2) is 4.79 Å². The smallest absolute Gasteiger partial charge is 0.328 e. The second-order valence-corrected chi connectivity index (χ2v) is 5.30. The van der Waals surface area contributed by atoms with E-state index in [1.807, 2.05) is 23.9 Å². The highest BCUT2D eigenvalue weighted by molar-refractivity contribution is 5.85. The molecule has 96 valence electrons. The fourth-order valence-electron chi connectivity index (χ4n) is 3.26. The third-order valence-electron chi connectivity index (χ3n) is 4.17. The van der Waals surface area contributed by atoms with Gasteiger partial charge in [-0.15, -0.1) is 0 Å². The van der Waals surface area contributed by atoms with Gasteiger partial charge in [0.05, 0.1) is 6.04 Å². The summed E-state index contributed by atoms with van der Waals surface area (Å²) in [7, 11) is 1.81. The van der Waals surface area contributed by atoms with Crippen molar-refractivity contribution in [2.75, 3.05) is 0 Å². The van der Waals surface area contributed by atoms with E-state index >= 15 is 0 Å². The lowest BCUT2D eigenvalue weighted by Crippen LogP contribution is -2.29. The molecule has 0 spiro atoms. The maximum absolute atomic E-state index is 12.2. The maximum atomic E-state index is 12.2. The second kappa shape index (κ2) is 3.41. The van der Waals surface area contributed by atoms with E-state index in [0.29, 0.717) is 0 Å². The van der Waals surface area contributed by atoms with Crippen molar-refractivity contribution < 1.29 is 0 Å². The van der Waals surface area contributed by atoms with E-state index < -0.39 is 0 Å². The van der Waals surface area contributed by atoms with E-state index in [0.717, 1.165) is 17.6 Å². The minimum Gasteiger partial charge on any atom is -0.356 e. The lowest BCUT2D eigenvalue weighted by molar-refractivity contribution is 0.551. The molecule has 3 heterocycles. The van der Waals surface area contributed by atoms with Gasteiger partial charge < -0.3 is 9.55 Å². The van der Waals surface area contributed by atoms with Crippen LogP contribution >= 0.6 is 0 Å². The minimum absolute atomic E-state index is 0.0619. The van der Waals surface area contributed by atoms with Crippen LogP contribution in [-0.2, 0) is 13.5 Å². The van der Waals surface area contributed by atoms with Gasteiger partial charge in [-0.1, -0.05) is 18.2 Å². The molecule has 1 unspecified atom stereocenters. The topological polar surface area (TPSA) is 42.7 Å². The number of nitrogens with zero attached hydrogens (tertiary/aromatic N) is 2. The molecule has 0 amide bonds. The van der Waals surface area contributed by atoms with Crippen molar-refractivity contribution in [2.45, 2.75) is 19.4 Å². The molecule has 4 rings (SSSR count). The number of H-pyrrole nitrogens is 1. The molecule has 1 aliphatic rings. The van der Waals surface area contributed by atoms with Gasteiger partial charge in [-0.05, 0) is 18.6 Å². The Kier molecular flexibility index (Phi) is 1.91. The summed E-state index contributed by atoms with van der Waals surface area (Å²) < 4.78 is 3.55. The summed E-state index contributed by atoms with van der Waals surface area (Å²) in [5.74, 6) is 0. The van der Waals surface area contributed by atoms with Gasteiger partial charge in [-0.2, -0.15) is 0 Å². The molecule has 0 saturated carbocycles. The van der Waals surface area contributed by atoms with Crippen molar-refractivity contribution in [3.8, 4) is 0 Å². The molecule has 1 aromatic carbocycles. The Hall–Kier alpha value is -2.23. The van der Waals surface area contributed by atoms with Crippen LogP contribution in [0.25, 0.3) is 10.9 Å². The van der Waals surface area contributed by atoms with Crippen molar-refractivity contribution in [3.05, 3.63) is 57.9 Å². The molecule has 2 aromatic heterocycles. The van der Waals surface area contributed by atoms with E-state index in [1.54, 1.807) is 4.57 Å². The Morgan fingerprint density at radius 3 is 2.95 bits per heavy atom. The summed E-state index contributed by atoms with van der Waals surface area (Å²) in [6.07, 6.45) is 2.77. The number of aromatic amines is 1. The molecule has 4 nitrogen and oxygen atoms in total. The van der Waals surface area contributed by atoms with Crippen LogP contribution in [0.2, 0.25) is 0 Å². The summed E-state index contributed by atoms with van der Waals surface area (Å²) in [6, 6.07) is 8.41. The normalized spacial score (nSPS) is 17.5. The number of imidazole rings is 1. The van der Waals surface area contributed by atoms with Gasteiger partial charge >= 0.3 is 5.69 Å². The van der Waals surface area contributed by atoms with Crippen LogP contribution in [-0.4, -0.2) is 14.1 Å². The quantitative estimate of drug-likeness (QED) is 0.655. The van der Waals surface area contributed by atoms with Crippen molar-refractivity contribution in [1.29, 1.82) is 0 Å². The van der Waals surface area contributed by atoms with Gasteiger partial charge in [-0.3, -0.25) is 4.57 Å². The number of nitrogens with one attached hydrogen (secondary N) is 1. The zero-order valence-electron chi connectivity index (χ0n) is 11.0. The molecular formula is C15H15N3O. The number of para-hydroxylation sites is 1. The SMILES string of the molecule is CC1c2[nH]c3ccccc3c2Cc2cn(C)c(=O)n21. The van der Waals surface area contributed by atoms with E-state index in [9.17, 15) is 4.79 Å². The lowest BCUT2D eigenvalue weighted by Gasteiger charge is -2.21. The Labute approximate surface area is 110 Å². The van der Waals surface area contributed by atoms with Gasteiger partial charge in [0.15, 0.2) is 0 Å². The molecule has 0 bridgehead atoms. The van der Waals surface area contributed by atoms with Crippen molar-refractivity contribution in [3.63, 3.8) is 0 Å². The first kappa shape index (κ1) is 10.7. The number of aromatic nitrogens is 3. The molecule has 0 saturated heterocycles. The van der Waals surface area contributed by atoms with Crippen LogP contribution in [0.15, 0.2) is 35.3 Å². The molecule has 4 heteroatoms. The lowest BCUT2D eigenvalue weighted by atomic mass is 9.98. The van der Waals surface area contributed by atoms with Gasteiger partial charge in [0.25, 0.3) is 0 Å². The number of hydrogen-bond acceptors (Lipinski definition) is 1. The summed E-state index contributed by atoms with van der Waals surface area (Å²) >= 11 is 0. The molecule has 3 aromatic rings. The zero-order chi connectivity index (χ0) is 13.1. The van der Waals surface area contributed by atoms with E-state index in [2.05, 4.69) is 30.1 Å². The van der Waals surface area contributed by atoms with Crippen molar-refractivity contribution in [2.24, 2.45) is 7.05 Å². The van der Waals surface area contributed by atoms with Gasteiger partial charge in [0.2, 0.25) is 0 Å². The highest BCUT2D eigenvalue weighted by Gasteiger charge is 2.27. The monoisotopic (exact) mass is 253 g/mol. The van der Waals surface area contributed by atoms with E-state index in [1.165, 1.54) is 16.6 Å². The summed E-state index contributed by atoms with van der Waals surface area (Å²) in [5.41, 5.74) is 4.81. The molecule has 0 fully saturated rings. The first-order valence-electron chi connectivity index (χ1n) is 6.53. The molecular weight excluding hydrogens is 238 g/mol. The predicted octanol–water partition coefficient (Wildman–Crippen LogP) is 2.18. The average molecular weight is 253 g/mol. The number of benzene rings is 1. The van der Waals surface area contributed by atoms with E-state index in [-0.39, 0.29) is 11.7 Å². The van der Waals surface area contributed by atoms with Crippen molar-refractivity contribution in [1.82, 2.24) is 14.1 Å². The van der Waals surface area contributed by atoms with Crippen LogP contribution in [0.3, 0.4) is 0 Å². The Bertz CT molecular complexity index is 850. The molecule has 1 N–H and O–H groups in total. The van der Waals surface area contributed by atoms with Gasteiger partial charge in [0.1, 0.15) is 0 Å². The van der Waals surface area contributed by atoms with Gasteiger partial charge in [0, 0.05) is 42.0 Å². The van der Waals surface area contributed by atoms with Crippen LogP contribution in [0.4, 0.5) is 0 Å². The highest BCUT2D eigenvalue weighted by Crippen LogP contribution is 2.34. The number of aryl methyl sites for hydroxylation is 1. The fraction of sp³-hybridized carbons (Fsp3) is 0.267. The molecule has 1 atom stereocenters. The number of fused-ring (bicyclic) bond motifs is 4. The predicted molar refractivity (Wildman–Crippen MR) is 74.6 cm³/mol. The summed E-state index contributed by atoms with van der Waals surface area (Å²) in [4.78, 5) is 15.6.